The molecule has 0 bridgehead atoms. The number of piperazine rings is 1. The predicted molar refractivity (Wildman–Crippen MR) is 81.3 cm³/mol. The van der Waals surface area contributed by atoms with Gasteiger partial charge >= 0.3 is 0 Å². The second-order valence-electron chi connectivity index (χ2n) is 4.85. The normalized spacial score (nSPS) is 18.3. The van der Waals surface area contributed by atoms with Crippen molar-refractivity contribution in [3.63, 3.8) is 0 Å². The van der Waals surface area contributed by atoms with Crippen LogP contribution < -0.4 is 10.1 Å². The lowest BCUT2D eigenvalue weighted by Gasteiger charge is -2.37. The van der Waals surface area contributed by atoms with Gasteiger partial charge < -0.3 is 19.7 Å². The van der Waals surface area contributed by atoms with E-state index in [0.29, 0.717) is 19.7 Å². The quantitative estimate of drug-likeness (QED) is 0.635. The molecular weight excluding hydrogens is 268 g/mol. The number of carbonyl (C=O) groups excluding carboxylic acids is 1. The van der Waals surface area contributed by atoms with Gasteiger partial charge in [0.1, 0.15) is 12.4 Å². The van der Waals surface area contributed by atoms with Gasteiger partial charge in [-0.1, -0.05) is 24.3 Å². The summed E-state index contributed by atoms with van der Waals surface area (Å²) in [6.45, 7) is 6.22. The van der Waals surface area contributed by atoms with E-state index in [-0.39, 0.29) is 18.6 Å². The fraction of sp³-hybridized carbons (Fsp3) is 0.438. The number of hydrogen-bond acceptors (Lipinski definition) is 4. The zero-order chi connectivity index (χ0) is 15.1. The molecule has 2 rings (SSSR count). The number of methoxy groups -OCH3 is 1. The number of para-hydroxylation sites is 1. The number of hydrogen-bond donors (Lipinski definition) is 1. The van der Waals surface area contributed by atoms with Crippen LogP contribution in [0.15, 0.2) is 36.9 Å². The van der Waals surface area contributed by atoms with Crippen molar-refractivity contribution in [3.8, 4) is 5.75 Å². The summed E-state index contributed by atoms with van der Waals surface area (Å²) in [6, 6.07) is 7.78. The zero-order valence-corrected chi connectivity index (χ0v) is 12.4. The first-order chi connectivity index (χ1) is 10.3. The van der Waals surface area contributed by atoms with E-state index in [1.54, 1.807) is 13.2 Å². The van der Waals surface area contributed by atoms with Crippen molar-refractivity contribution in [3.05, 3.63) is 42.5 Å². The molecule has 1 atom stereocenters. The standard InChI is InChI=1S/C16H22N2O3/c1-3-10-21-12-16(19)18-9-8-17-11-14(18)13-6-4-5-7-15(13)20-2/h3-7,14,17H,1,8-12H2,2H3. The summed E-state index contributed by atoms with van der Waals surface area (Å²) in [6.07, 6.45) is 1.64. The number of benzene rings is 1. The minimum Gasteiger partial charge on any atom is -0.496 e. The Kier molecular flexibility index (Phi) is 5.78. The molecule has 1 saturated heterocycles. The lowest BCUT2D eigenvalue weighted by Crippen LogP contribution is -2.49. The van der Waals surface area contributed by atoms with E-state index in [1.807, 2.05) is 29.2 Å². The Hall–Kier alpha value is -1.85. The molecule has 0 aromatic heterocycles. The van der Waals surface area contributed by atoms with Crippen molar-refractivity contribution >= 4 is 5.91 Å². The minimum absolute atomic E-state index is 0.00532. The van der Waals surface area contributed by atoms with Crippen LogP contribution in [0.2, 0.25) is 0 Å². The molecule has 5 heteroatoms. The first kappa shape index (κ1) is 15.5. The third kappa shape index (κ3) is 3.83. The molecule has 5 nitrogen and oxygen atoms in total. The highest BCUT2D eigenvalue weighted by molar-refractivity contribution is 5.78. The third-order valence-electron chi connectivity index (χ3n) is 3.52. The van der Waals surface area contributed by atoms with Gasteiger partial charge in [0.25, 0.3) is 0 Å². The molecular formula is C16H22N2O3. The summed E-state index contributed by atoms with van der Waals surface area (Å²) in [4.78, 5) is 14.2. The minimum atomic E-state index is -0.0327. The van der Waals surface area contributed by atoms with Gasteiger partial charge in [0.15, 0.2) is 0 Å². The van der Waals surface area contributed by atoms with E-state index < -0.39 is 0 Å². The van der Waals surface area contributed by atoms with Crippen LogP contribution in [-0.2, 0) is 9.53 Å². The fourth-order valence-corrected chi connectivity index (χ4v) is 2.53. The molecule has 0 spiro atoms. The largest absolute Gasteiger partial charge is 0.496 e. The molecule has 1 aliphatic heterocycles. The summed E-state index contributed by atoms with van der Waals surface area (Å²) >= 11 is 0. The van der Waals surface area contributed by atoms with Gasteiger partial charge in [-0.05, 0) is 6.07 Å². The predicted octanol–water partition coefficient (Wildman–Crippen LogP) is 1.37. The average molecular weight is 290 g/mol. The Labute approximate surface area is 125 Å². The van der Waals surface area contributed by atoms with Crippen LogP contribution in [0.5, 0.6) is 5.75 Å². The maximum absolute atomic E-state index is 12.4. The Morgan fingerprint density at radius 3 is 3.10 bits per heavy atom. The van der Waals surface area contributed by atoms with Gasteiger partial charge in [0.05, 0.1) is 19.8 Å². The molecule has 21 heavy (non-hydrogen) atoms. The van der Waals surface area contributed by atoms with Crippen LogP contribution in [0, 0.1) is 0 Å². The molecule has 1 N–H and O–H groups in total. The van der Waals surface area contributed by atoms with Crippen LogP contribution in [-0.4, -0.2) is 50.8 Å². The fourth-order valence-electron chi connectivity index (χ4n) is 2.53. The first-order valence-electron chi connectivity index (χ1n) is 7.09. The highest BCUT2D eigenvalue weighted by Gasteiger charge is 2.29. The van der Waals surface area contributed by atoms with Crippen LogP contribution in [0.25, 0.3) is 0 Å². The van der Waals surface area contributed by atoms with Crippen LogP contribution in [0.4, 0.5) is 0 Å². The lowest BCUT2D eigenvalue weighted by molar-refractivity contribution is -0.139. The average Bonchev–Trinajstić information content (AvgIpc) is 2.55. The van der Waals surface area contributed by atoms with E-state index >= 15 is 0 Å². The van der Waals surface area contributed by atoms with E-state index in [9.17, 15) is 4.79 Å². The van der Waals surface area contributed by atoms with Gasteiger partial charge in [-0.2, -0.15) is 0 Å². The van der Waals surface area contributed by atoms with E-state index in [1.165, 1.54) is 0 Å². The van der Waals surface area contributed by atoms with Crippen LogP contribution in [0.1, 0.15) is 11.6 Å². The number of rotatable bonds is 6. The highest BCUT2D eigenvalue weighted by Crippen LogP contribution is 2.30. The van der Waals surface area contributed by atoms with Gasteiger partial charge in [0, 0.05) is 25.2 Å². The van der Waals surface area contributed by atoms with Crippen molar-refractivity contribution < 1.29 is 14.3 Å². The van der Waals surface area contributed by atoms with E-state index in [4.69, 9.17) is 9.47 Å². The number of nitrogens with one attached hydrogen (secondary N) is 1. The molecule has 1 fully saturated rings. The molecule has 1 aromatic carbocycles. The van der Waals surface area contributed by atoms with Gasteiger partial charge in [0.2, 0.25) is 5.91 Å². The van der Waals surface area contributed by atoms with Crippen molar-refractivity contribution in [2.75, 3.05) is 40.0 Å². The first-order valence-corrected chi connectivity index (χ1v) is 7.09. The van der Waals surface area contributed by atoms with Gasteiger partial charge in [-0.3, -0.25) is 4.79 Å². The van der Waals surface area contributed by atoms with Crippen LogP contribution in [0.3, 0.4) is 0 Å². The number of nitrogens with zero attached hydrogens (tertiary/aromatic N) is 1. The maximum atomic E-state index is 12.4. The summed E-state index contributed by atoms with van der Waals surface area (Å²) in [5.41, 5.74) is 1.02. The molecule has 0 radical (unpaired) electrons. The monoisotopic (exact) mass is 290 g/mol. The molecule has 0 saturated carbocycles. The third-order valence-corrected chi connectivity index (χ3v) is 3.52. The molecule has 114 valence electrons. The van der Waals surface area contributed by atoms with Crippen LogP contribution >= 0.6 is 0 Å². The zero-order valence-electron chi connectivity index (χ0n) is 12.4. The topological polar surface area (TPSA) is 50.8 Å². The Morgan fingerprint density at radius 1 is 1.52 bits per heavy atom. The summed E-state index contributed by atoms with van der Waals surface area (Å²) in [5, 5.41) is 3.33. The lowest BCUT2D eigenvalue weighted by atomic mass is 10.0. The summed E-state index contributed by atoms with van der Waals surface area (Å²) < 4.78 is 10.7. The smallest absolute Gasteiger partial charge is 0.249 e. The Morgan fingerprint density at radius 2 is 2.33 bits per heavy atom. The molecule has 1 amide bonds. The van der Waals surface area contributed by atoms with E-state index in [0.717, 1.165) is 17.9 Å². The Bertz CT molecular complexity index is 490. The molecule has 1 aliphatic rings. The second kappa shape index (κ2) is 7.81. The number of carbonyl (C=O) groups is 1. The summed E-state index contributed by atoms with van der Waals surface area (Å²) in [7, 11) is 1.65. The highest BCUT2D eigenvalue weighted by atomic mass is 16.5. The van der Waals surface area contributed by atoms with Gasteiger partial charge in [-0.15, -0.1) is 6.58 Å². The second-order valence-corrected chi connectivity index (χ2v) is 4.85. The molecule has 0 aliphatic carbocycles. The maximum Gasteiger partial charge on any atom is 0.249 e. The molecule has 1 unspecified atom stereocenters. The number of ether oxygens (including phenoxy) is 2. The van der Waals surface area contributed by atoms with Crippen molar-refractivity contribution in [1.29, 1.82) is 0 Å². The SMILES string of the molecule is C=CCOCC(=O)N1CCNCC1c1ccccc1OC. The van der Waals surface area contributed by atoms with Gasteiger partial charge in [-0.25, -0.2) is 0 Å². The van der Waals surface area contributed by atoms with E-state index in [2.05, 4.69) is 11.9 Å². The summed E-state index contributed by atoms with van der Waals surface area (Å²) in [5.74, 6) is 0.797. The van der Waals surface area contributed by atoms with Crippen molar-refractivity contribution in [1.82, 2.24) is 10.2 Å². The molecule has 1 heterocycles. The molecule has 1 aromatic rings. The van der Waals surface area contributed by atoms with Crippen molar-refractivity contribution in [2.45, 2.75) is 6.04 Å². The van der Waals surface area contributed by atoms with Crippen molar-refractivity contribution in [2.24, 2.45) is 0 Å². The number of amides is 1. The Balaban J connectivity index is 2.14.